The summed E-state index contributed by atoms with van der Waals surface area (Å²) >= 11 is 0. The molecule has 0 radical (unpaired) electrons. The van der Waals surface area contributed by atoms with Crippen molar-refractivity contribution in [2.45, 2.75) is 18.4 Å². The SMILES string of the molecule is O=C1CO[C@]2(COCCN(CC3CCOCC3)C2)CN1c1ccc(F)cc1. The topological polar surface area (TPSA) is 51.2 Å². The number of carbonyl (C=O) groups is 1. The van der Waals surface area contributed by atoms with E-state index in [1.54, 1.807) is 17.0 Å². The molecule has 1 spiro atoms. The van der Waals surface area contributed by atoms with Crippen LogP contribution in [0.15, 0.2) is 24.3 Å². The lowest BCUT2D eigenvalue weighted by Gasteiger charge is -2.43. The molecule has 1 aromatic rings. The van der Waals surface area contributed by atoms with Crippen LogP contribution in [-0.2, 0) is 19.0 Å². The van der Waals surface area contributed by atoms with E-state index in [4.69, 9.17) is 14.2 Å². The van der Waals surface area contributed by atoms with Crippen molar-refractivity contribution in [2.75, 3.05) is 64.1 Å². The number of hydrogen-bond acceptors (Lipinski definition) is 5. The molecule has 148 valence electrons. The Kier molecular flexibility index (Phi) is 5.73. The number of ether oxygens (including phenoxy) is 3. The van der Waals surface area contributed by atoms with Gasteiger partial charge in [-0.25, -0.2) is 4.39 Å². The van der Waals surface area contributed by atoms with Crippen molar-refractivity contribution in [3.63, 3.8) is 0 Å². The highest BCUT2D eigenvalue weighted by atomic mass is 19.1. The molecule has 3 fully saturated rings. The van der Waals surface area contributed by atoms with Crippen LogP contribution in [0.3, 0.4) is 0 Å². The molecule has 0 bridgehead atoms. The van der Waals surface area contributed by atoms with Gasteiger partial charge in [0, 0.05) is 38.5 Å². The average molecular weight is 378 g/mol. The molecule has 1 atom stereocenters. The lowest BCUT2D eigenvalue weighted by molar-refractivity contribution is -0.146. The first-order valence-electron chi connectivity index (χ1n) is 9.71. The predicted octanol–water partition coefficient (Wildman–Crippen LogP) is 1.69. The molecule has 7 heteroatoms. The van der Waals surface area contributed by atoms with Gasteiger partial charge in [-0.15, -0.1) is 0 Å². The third-order valence-corrected chi connectivity index (χ3v) is 5.67. The number of carbonyl (C=O) groups excluding carboxylic acids is 1. The zero-order chi connectivity index (χ0) is 18.7. The number of benzene rings is 1. The number of hydrogen-bond donors (Lipinski definition) is 0. The van der Waals surface area contributed by atoms with Gasteiger partial charge in [-0.05, 0) is 43.0 Å². The van der Waals surface area contributed by atoms with Crippen molar-refractivity contribution < 1.29 is 23.4 Å². The van der Waals surface area contributed by atoms with Crippen molar-refractivity contribution in [1.29, 1.82) is 0 Å². The van der Waals surface area contributed by atoms with Gasteiger partial charge in [-0.3, -0.25) is 9.69 Å². The Bertz CT molecular complexity index is 650. The van der Waals surface area contributed by atoms with E-state index in [2.05, 4.69) is 4.90 Å². The van der Waals surface area contributed by atoms with Gasteiger partial charge in [-0.1, -0.05) is 0 Å². The first-order chi connectivity index (χ1) is 13.1. The van der Waals surface area contributed by atoms with Crippen LogP contribution in [0.4, 0.5) is 10.1 Å². The van der Waals surface area contributed by atoms with E-state index in [9.17, 15) is 9.18 Å². The minimum Gasteiger partial charge on any atom is -0.381 e. The molecule has 1 amide bonds. The quantitative estimate of drug-likeness (QED) is 0.801. The fourth-order valence-electron chi connectivity index (χ4n) is 4.19. The van der Waals surface area contributed by atoms with E-state index in [1.807, 2.05) is 0 Å². The van der Waals surface area contributed by atoms with Crippen molar-refractivity contribution in [2.24, 2.45) is 5.92 Å². The summed E-state index contributed by atoms with van der Waals surface area (Å²) in [6, 6.07) is 6.05. The van der Waals surface area contributed by atoms with Crippen LogP contribution in [0.1, 0.15) is 12.8 Å². The van der Waals surface area contributed by atoms with Gasteiger partial charge in [0.1, 0.15) is 18.0 Å². The second kappa shape index (κ2) is 8.22. The maximum absolute atomic E-state index is 13.3. The highest BCUT2D eigenvalue weighted by Gasteiger charge is 2.43. The summed E-state index contributed by atoms with van der Waals surface area (Å²) in [7, 11) is 0. The third kappa shape index (κ3) is 4.48. The molecule has 6 nitrogen and oxygen atoms in total. The predicted molar refractivity (Wildman–Crippen MR) is 98.2 cm³/mol. The molecule has 0 aliphatic carbocycles. The summed E-state index contributed by atoms with van der Waals surface area (Å²) in [5, 5.41) is 0. The second-order valence-electron chi connectivity index (χ2n) is 7.77. The Labute approximate surface area is 159 Å². The van der Waals surface area contributed by atoms with Crippen LogP contribution >= 0.6 is 0 Å². The number of amides is 1. The third-order valence-electron chi connectivity index (χ3n) is 5.67. The Hall–Kier alpha value is -1.54. The van der Waals surface area contributed by atoms with Gasteiger partial charge < -0.3 is 19.1 Å². The van der Waals surface area contributed by atoms with Crippen LogP contribution in [0.5, 0.6) is 0 Å². The van der Waals surface area contributed by atoms with E-state index in [1.165, 1.54) is 12.1 Å². The maximum atomic E-state index is 13.3. The van der Waals surface area contributed by atoms with Crippen molar-refractivity contribution in [3.8, 4) is 0 Å². The van der Waals surface area contributed by atoms with E-state index in [0.29, 0.717) is 31.4 Å². The number of halogens is 1. The van der Waals surface area contributed by atoms with Gasteiger partial charge in [-0.2, -0.15) is 0 Å². The van der Waals surface area contributed by atoms with E-state index >= 15 is 0 Å². The fraction of sp³-hybridized carbons (Fsp3) is 0.650. The van der Waals surface area contributed by atoms with Crippen molar-refractivity contribution >= 4 is 11.6 Å². The first kappa shape index (κ1) is 18.8. The van der Waals surface area contributed by atoms with Crippen LogP contribution < -0.4 is 4.90 Å². The molecular weight excluding hydrogens is 351 g/mol. The first-order valence-corrected chi connectivity index (χ1v) is 9.71. The molecule has 4 rings (SSSR count). The molecule has 3 saturated heterocycles. The lowest BCUT2D eigenvalue weighted by atomic mass is 9.97. The number of rotatable bonds is 3. The Balaban J connectivity index is 1.47. The Morgan fingerprint density at radius 2 is 1.85 bits per heavy atom. The minimum atomic E-state index is -0.552. The monoisotopic (exact) mass is 378 g/mol. The summed E-state index contributed by atoms with van der Waals surface area (Å²) in [5.41, 5.74) is 0.147. The van der Waals surface area contributed by atoms with E-state index < -0.39 is 5.60 Å². The highest BCUT2D eigenvalue weighted by Crippen LogP contribution is 2.28. The molecule has 1 aromatic carbocycles. The molecule has 0 aromatic heterocycles. The van der Waals surface area contributed by atoms with E-state index in [-0.39, 0.29) is 18.3 Å². The van der Waals surface area contributed by atoms with Gasteiger partial charge in [0.15, 0.2) is 0 Å². The Morgan fingerprint density at radius 1 is 1.07 bits per heavy atom. The van der Waals surface area contributed by atoms with Gasteiger partial charge in [0.2, 0.25) is 0 Å². The number of morpholine rings is 1. The summed E-state index contributed by atoms with van der Waals surface area (Å²) in [5.74, 6) is 0.217. The molecule has 3 aliphatic rings. The van der Waals surface area contributed by atoms with Crippen LogP contribution in [-0.4, -0.2) is 75.6 Å². The zero-order valence-corrected chi connectivity index (χ0v) is 15.6. The van der Waals surface area contributed by atoms with Gasteiger partial charge >= 0.3 is 0 Å². The maximum Gasteiger partial charge on any atom is 0.253 e. The van der Waals surface area contributed by atoms with Crippen LogP contribution in [0, 0.1) is 11.7 Å². The van der Waals surface area contributed by atoms with Crippen molar-refractivity contribution in [1.82, 2.24) is 4.90 Å². The molecule has 3 aliphatic heterocycles. The van der Waals surface area contributed by atoms with Crippen molar-refractivity contribution in [3.05, 3.63) is 30.1 Å². The molecule has 0 unspecified atom stereocenters. The molecular formula is C20H27FN2O4. The standard InChI is InChI=1S/C20H27FN2O4/c21-17-1-3-18(4-2-17)23-14-20(27-12-19(23)24)13-22(7-10-26-15-20)11-16-5-8-25-9-6-16/h1-4,16H,5-15H2/t20-/m0/s1. The fourth-order valence-corrected chi connectivity index (χ4v) is 4.19. The highest BCUT2D eigenvalue weighted by molar-refractivity contribution is 5.95. The van der Waals surface area contributed by atoms with Crippen LogP contribution in [0.25, 0.3) is 0 Å². The minimum absolute atomic E-state index is 0.0197. The normalized spacial score (nSPS) is 28.5. The smallest absolute Gasteiger partial charge is 0.253 e. The second-order valence-corrected chi connectivity index (χ2v) is 7.77. The summed E-state index contributed by atoms with van der Waals surface area (Å²) < 4.78 is 30.6. The summed E-state index contributed by atoms with van der Waals surface area (Å²) in [6.45, 7) is 5.84. The zero-order valence-electron chi connectivity index (χ0n) is 15.6. The molecule has 0 N–H and O–H groups in total. The number of nitrogens with zero attached hydrogens (tertiary/aromatic N) is 2. The van der Waals surface area contributed by atoms with Gasteiger partial charge in [0.25, 0.3) is 5.91 Å². The van der Waals surface area contributed by atoms with Crippen LogP contribution in [0.2, 0.25) is 0 Å². The lowest BCUT2D eigenvalue weighted by Crippen LogP contribution is -2.61. The summed E-state index contributed by atoms with van der Waals surface area (Å²) in [6.07, 6.45) is 2.18. The van der Waals surface area contributed by atoms with Gasteiger partial charge in [0.05, 0.1) is 19.8 Å². The Morgan fingerprint density at radius 3 is 2.63 bits per heavy atom. The average Bonchev–Trinajstić information content (AvgIpc) is 2.88. The molecule has 27 heavy (non-hydrogen) atoms. The number of anilines is 1. The molecule has 0 saturated carbocycles. The summed E-state index contributed by atoms with van der Waals surface area (Å²) in [4.78, 5) is 16.5. The van der Waals surface area contributed by atoms with E-state index in [0.717, 1.165) is 45.7 Å². The molecule has 3 heterocycles. The largest absolute Gasteiger partial charge is 0.381 e.